The molecule has 0 bridgehead atoms. The second kappa shape index (κ2) is 8.11. The zero-order chi connectivity index (χ0) is 17.5. The first-order valence-electron chi connectivity index (χ1n) is 7.70. The first-order chi connectivity index (χ1) is 11.5. The Bertz CT molecular complexity index is 738. The molecule has 0 aliphatic heterocycles. The lowest BCUT2D eigenvalue weighted by molar-refractivity contribution is -0.121. The topological polar surface area (TPSA) is 81.9 Å². The number of aromatic nitrogens is 4. The van der Waals surface area contributed by atoms with Gasteiger partial charge in [0.2, 0.25) is 11.7 Å². The van der Waals surface area contributed by atoms with Gasteiger partial charge in [0.1, 0.15) is 5.75 Å². The Kier molecular flexibility index (Phi) is 5.90. The van der Waals surface area contributed by atoms with Crippen molar-refractivity contribution in [3.05, 3.63) is 23.3 Å². The summed E-state index contributed by atoms with van der Waals surface area (Å²) in [6.45, 7) is 4.67. The summed E-state index contributed by atoms with van der Waals surface area (Å²) in [4.78, 5) is 12.9. The van der Waals surface area contributed by atoms with Crippen molar-refractivity contribution in [3.63, 3.8) is 0 Å². The molecule has 1 aromatic carbocycles. The van der Waals surface area contributed by atoms with Crippen LogP contribution in [-0.4, -0.2) is 39.3 Å². The highest BCUT2D eigenvalue weighted by Crippen LogP contribution is 2.28. The molecule has 0 aliphatic rings. The fourth-order valence-electron chi connectivity index (χ4n) is 2.35. The van der Waals surface area contributed by atoms with Crippen molar-refractivity contribution in [2.75, 3.05) is 13.2 Å². The SMILES string of the molecule is C#CCNC(=O)CCCOc1c(C)cc(-c2nnn(C)n2)cc1C. The Balaban J connectivity index is 1.94. The van der Waals surface area contributed by atoms with Gasteiger partial charge in [-0.3, -0.25) is 4.79 Å². The molecule has 1 amide bonds. The molecule has 126 valence electrons. The van der Waals surface area contributed by atoms with E-state index in [9.17, 15) is 4.79 Å². The van der Waals surface area contributed by atoms with Gasteiger partial charge >= 0.3 is 0 Å². The van der Waals surface area contributed by atoms with E-state index in [1.807, 2.05) is 26.0 Å². The fourth-order valence-corrected chi connectivity index (χ4v) is 2.35. The molecule has 2 rings (SSSR count). The second-order valence-electron chi connectivity index (χ2n) is 5.47. The molecule has 0 fully saturated rings. The van der Waals surface area contributed by atoms with Crippen LogP contribution in [0.4, 0.5) is 0 Å². The summed E-state index contributed by atoms with van der Waals surface area (Å²) in [5.41, 5.74) is 2.89. The van der Waals surface area contributed by atoms with Crippen molar-refractivity contribution in [1.82, 2.24) is 25.5 Å². The summed E-state index contributed by atoms with van der Waals surface area (Å²) >= 11 is 0. The van der Waals surface area contributed by atoms with Gasteiger partial charge in [-0.05, 0) is 48.7 Å². The average molecular weight is 327 g/mol. The number of ether oxygens (including phenoxy) is 1. The molecule has 0 radical (unpaired) electrons. The maximum absolute atomic E-state index is 11.5. The minimum Gasteiger partial charge on any atom is -0.493 e. The van der Waals surface area contributed by atoms with Gasteiger partial charge in [-0.25, -0.2) is 0 Å². The average Bonchev–Trinajstić information content (AvgIpc) is 2.97. The Labute approximate surface area is 141 Å². The number of aryl methyl sites for hydroxylation is 3. The molecular formula is C17H21N5O2. The highest BCUT2D eigenvalue weighted by molar-refractivity contribution is 5.76. The van der Waals surface area contributed by atoms with Gasteiger partial charge in [0, 0.05) is 12.0 Å². The first kappa shape index (κ1) is 17.5. The molecule has 7 nitrogen and oxygen atoms in total. The third-order valence-corrected chi connectivity index (χ3v) is 3.41. The lowest BCUT2D eigenvalue weighted by atomic mass is 10.1. The van der Waals surface area contributed by atoms with E-state index in [0.29, 0.717) is 25.3 Å². The van der Waals surface area contributed by atoms with E-state index in [-0.39, 0.29) is 12.5 Å². The van der Waals surface area contributed by atoms with Gasteiger partial charge < -0.3 is 10.1 Å². The van der Waals surface area contributed by atoms with E-state index in [2.05, 4.69) is 26.6 Å². The van der Waals surface area contributed by atoms with Crippen LogP contribution in [0.1, 0.15) is 24.0 Å². The van der Waals surface area contributed by atoms with Crippen LogP contribution in [0.2, 0.25) is 0 Å². The first-order valence-corrected chi connectivity index (χ1v) is 7.70. The van der Waals surface area contributed by atoms with Crippen molar-refractivity contribution < 1.29 is 9.53 Å². The van der Waals surface area contributed by atoms with Crippen molar-refractivity contribution in [1.29, 1.82) is 0 Å². The quantitative estimate of drug-likeness (QED) is 0.614. The van der Waals surface area contributed by atoms with E-state index in [1.165, 1.54) is 4.80 Å². The molecule has 1 heterocycles. The summed E-state index contributed by atoms with van der Waals surface area (Å²) < 4.78 is 5.84. The number of hydrogen-bond donors (Lipinski definition) is 1. The van der Waals surface area contributed by atoms with Gasteiger partial charge in [0.15, 0.2) is 0 Å². The van der Waals surface area contributed by atoms with Gasteiger partial charge in [0.05, 0.1) is 20.2 Å². The minimum absolute atomic E-state index is 0.0610. The highest BCUT2D eigenvalue weighted by atomic mass is 16.5. The summed E-state index contributed by atoms with van der Waals surface area (Å²) in [5.74, 6) is 3.72. The number of terminal acetylenes is 1. The third kappa shape index (κ3) is 4.56. The van der Waals surface area contributed by atoms with E-state index in [1.54, 1.807) is 7.05 Å². The van der Waals surface area contributed by atoms with Gasteiger partial charge in [0.25, 0.3) is 0 Å². The molecule has 0 spiro atoms. The van der Waals surface area contributed by atoms with Crippen molar-refractivity contribution >= 4 is 5.91 Å². The number of nitrogens with zero attached hydrogens (tertiary/aromatic N) is 4. The van der Waals surface area contributed by atoms with Gasteiger partial charge in [-0.1, -0.05) is 5.92 Å². The van der Waals surface area contributed by atoms with Crippen LogP contribution < -0.4 is 10.1 Å². The van der Waals surface area contributed by atoms with E-state index < -0.39 is 0 Å². The largest absolute Gasteiger partial charge is 0.493 e. The summed E-state index contributed by atoms with van der Waals surface area (Å²) in [5, 5.41) is 14.7. The molecule has 0 atom stereocenters. The van der Waals surface area contributed by atoms with Gasteiger partial charge in [-0.2, -0.15) is 4.80 Å². The molecular weight excluding hydrogens is 306 g/mol. The summed E-state index contributed by atoms with van der Waals surface area (Å²) in [7, 11) is 1.73. The molecule has 24 heavy (non-hydrogen) atoms. The lowest BCUT2D eigenvalue weighted by Crippen LogP contribution is -2.23. The lowest BCUT2D eigenvalue weighted by Gasteiger charge is -2.13. The van der Waals surface area contributed by atoms with Gasteiger partial charge in [-0.15, -0.1) is 16.6 Å². The molecule has 0 saturated heterocycles. The normalized spacial score (nSPS) is 10.2. The number of carbonyl (C=O) groups excluding carboxylic acids is 1. The predicted molar refractivity (Wildman–Crippen MR) is 90.3 cm³/mol. The van der Waals surface area contributed by atoms with Crippen molar-refractivity contribution in [2.45, 2.75) is 26.7 Å². The van der Waals surface area contributed by atoms with Crippen LogP contribution in [0, 0.1) is 26.2 Å². The minimum atomic E-state index is -0.0610. The maximum Gasteiger partial charge on any atom is 0.220 e. The fraction of sp³-hybridized carbons (Fsp3) is 0.412. The predicted octanol–water partition coefficient (Wildman–Crippen LogP) is 1.40. The van der Waals surface area contributed by atoms with Crippen LogP contribution in [0.3, 0.4) is 0 Å². The number of tetrazole rings is 1. The van der Waals surface area contributed by atoms with Crippen LogP contribution in [0.5, 0.6) is 5.75 Å². The Hall–Kier alpha value is -2.88. The van der Waals surface area contributed by atoms with Crippen molar-refractivity contribution in [2.24, 2.45) is 7.05 Å². The monoisotopic (exact) mass is 327 g/mol. The zero-order valence-corrected chi connectivity index (χ0v) is 14.2. The Morgan fingerprint density at radius 3 is 2.67 bits per heavy atom. The summed E-state index contributed by atoms with van der Waals surface area (Å²) in [6.07, 6.45) is 6.11. The molecule has 0 saturated carbocycles. The van der Waals surface area contributed by atoms with Crippen molar-refractivity contribution in [3.8, 4) is 29.5 Å². The van der Waals surface area contributed by atoms with Crippen LogP contribution >= 0.6 is 0 Å². The van der Waals surface area contributed by atoms with Crippen LogP contribution in [0.15, 0.2) is 12.1 Å². The van der Waals surface area contributed by atoms with E-state index in [4.69, 9.17) is 11.2 Å². The number of nitrogens with one attached hydrogen (secondary N) is 1. The number of hydrogen-bond acceptors (Lipinski definition) is 5. The Morgan fingerprint density at radius 1 is 1.38 bits per heavy atom. The number of benzene rings is 1. The van der Waals surface area contributed by atoms with Crippen LogP contribution in [0.25, 0.3) is 11.4 Å². The highest BCUT2D eigenvalue weighted by Gasteiger charge is 2.11. The molecule has 0 aliphatic carbocycles. The third-order valence-electron chi connectivity index (χ3n) is 3.41. The summed E-state index contributed by atoms with van der Waals surface area (Å²) in [6, 6.07) is 3.94. The standard InChI is InChI=1S/C17H21N5O2/c1-5-8-18-15(23)7-6-9-24-16-12(2)10-14(11-13(16)3)17-19-21-22(4)20-17/h1,10-11H,6-9H2,2-4H3,(H,18,23). The molecule has 1 aromatic heterocycles. The van der Waals surface area contributed by atoms with Crippen LogP contribution in [-0.2, 0) is 11.8 Å². The maximum atomic E-state index is 11.5. The Morgan fingerprint density at radius 2 is 2.08 bits per heavy atom. The molecule has 2 aromatic rings. The van der Waals surface area contributed by atoms with E-state index >= 15 is 0 Å². The van der Waals surface area contributed by atoms with E-state index in [0.717, 1.165) is 22.4 Å². The molecule has 7 heteroatoms. The molecule has 0 unspecified atom stereocenters. The zero-order valence-electron chi connectivity index (χ0n) is 14.2. The number of amides is 1. The number of rotatable bonds is 7. The second-order valence-corrected chi connectivity index (χ2v) is 5.47. The smallest absolute Gasteiger partial charge is 0.220 e. The molecule has 1 N–H and O–H groups in total. The number of carbonyl (C=O) groups is 1.